The summed E-state index contributed by atoms with van der Waals surface area (Å²) in [5.74, 6) is 0.870. The number of hydrogen-bond donors (Lipinski definition) is 1. The van der Waals surface area contributed by atoms with Gasteiger partial charge in [0.05, 0.1) is 25.4 Å². The third-order valence-electron chi connectivity index (χ3n) is 5.34. The Bertz CT molecular complexity index is 485. The lowest BCUT2D eigenvalue weighted by molar-refractivity contribution is -0.0113. The summed E-state index contributed by atoms with van der Waals surface area (Å²) in [6, 6.07) is 8.04. The Morgan fingerprint density at radius 3 is 2.35 bits per heavy atom. The number of nitrogens with zero attached hydrogens (tertiary/aromatic N) is 1. The minimum Gasteiger partial charge on any atom is -0.494 e. The van der Waals surface area contributed by atoms with Gasteiger partial charge in [0, 0.05) is 19.6 Å². The number of aliphatic hydroxyl groups is 1. The second-order valence-electron chi connectivity index (χ2n) is 7.36. The highest BCUT2D eigenvalue weighted by Crippen LogP contribution is 2.33. The van der Waals surface area contributed by atoms with Crippen molar-refractivity contribution in [2.75, 3.05) is 39.5 Å². The highest BCUT2D eigenvalue weighted by atomic mass is 16.5. The summed E-state index contributed by atoms with van der Waals surface area (Å²) in [6.07, 6.45) is 7.68. The molecule has 1 heterocycles. The van der Waals surface area contributed by atoms with Gasteiger partial charge in [-0.25, -0.2) is 0 Å². The highest BCUT2D eigenvalue weighted by Gasteiger charge is 2.29. The number of rotatable bonds is 12. The summed E-state index contributed by atoms with van der Waals surface area (Å²) in [5, 5.41) is 11.5. The summed E-state index contributed by atoms with van der Waals surface area (Å²) in [4.78, 5) is 2.40. The van der Waals surface area contributed by atoms with Gasteiger partial charge in [0.1, 0.15) is 5.75 Å². The number of hydrogen-bond acceptors (Lipinski definition) is 4. The molecule has 148 valence electrons. The minimum atomic E-state index is -0.755. The van der Waals surface area contributed by atoms with Gasteiger partial charge in [-0.3, -0.25) is 4.90 Å². The van der Waals surface area contributed by atoms with Crippen molar-refractivity contribution in [1.82, 2.24) is 4.90 Å². The first kappa shape index (κ1) is 21.2. The summed E-state index contributed by atoms with van der Waals surface area (Å²) in [7, 11) is 0. The maximum absolute atomic E-state index is 11.5. The van der Waals surface area contributed by atoms with Gasteiger partial charge in [-0.15, -0.1) is 0 Å². The molecule has 0 saturated carbocycles. The van der Waals surface area contributed by atoms with E-state index >= 15 is 0 Å². The molecular formula is C22H37NO3. The second-order valence-corrected chi connectivity index (χ2v) is 7.36. The fourth-order valence-electron chi connectivity index (χ4n) is 3.63. The topological polar surface area (TPSA) is 41.9 Å². The molecule has 0 bridgehead atoms. The Morgan fingerprint density at radius 2 is 1.69 bits per heavy atom. The van der Waals surface area contributed by atoms with Crippen LogP contribution in [0, 0.1) is 0 Å². The Balaban J connectivity index is 1.98. The van der Waals surface area contributed by atoms with Crippen molar-refractivity contribution < 1.29 is 14.6 Å². The van der Waals surface area contributed by atoms with Crippen LogP contribution in [0.1, 0.15) is 64.4 Å². The second kappa shape index (κ2) is 11.6. The van der Waals surface area contributed by atoms with Gasteiger partial charge in [0.25, 0.3) is 0 Å². The molecule has 0 radical (unpaired) electrons. The zero-order chi connectivity index (χ0) is 18.7. The van der Waals surface area contributed by atoms with Crippen LogP contribution in [0.5, 0.6) is 5.75 Å². The van der Waals surface area contributed by atoms with Gasteiger partial charge < -0.3 is 14.6 Å². The molecule has 26 heavy (non-hydrogen) atoms. The summed E-state index contributed by atoms with van der Waals surface area (Å²) in [6.45, 7) is 9.35. The van der Waals surface area contributed by atoms with Crippen LogP contribution in [0.25, 0.3) is 0 Å². The van der Waals surface area contributed by atoms with Crippen LogP contribution in [0.4, 0.5) is 0 Å². The lowest BCUT2D eigenvalue weighted by atomic mass is 9.85. The molecule has 1 aliphatic rings. The van der Waals surface area contributed by atoms with Gasteiger partial charge in [-0.2, -0.15) is 0 Å². The Kier molecular flexibility index (Phi) is 9.44. The summed E-state index contributed by atoms with van der Waals surface area (Å²) < 4.78 is 11.0. The number of morpholine rings is 1. The van der Waals surface area contributed by atoms with E-state index in [0.717, 1.165) is 63.4 Å². The molecule has 2 rings (SSSR count). The smallest absolute Gasteiger partial charge is 0.119 e. The minimum absolute atomic E-state index is 0.665. The molecule has 0 spiro atoms. The molecule has 0 aromatic heterocycles. The molecule has 1 saturated heterocycles. The molecule has 0 amide bonds. The van der Waals surface area contributed by atoms with E-state index in [1.165, 1.54) is 25.7 Å². The largest absolute Gasteiger partial charge is 0.494 e. The first-order chi connectivity index (χ1) is 12.7. The fraction of sp³-hybridized carbons (Fsp3) is 0.727. The maximum Gasteiger partial charge on any atom is 0.119 e. The molecule has 1 atom stereocenters. The van der Waals surface area contributed by atoms with E-state index in [4.69, 9.17) is 9.47 Å². The molecule has 0 unspecified atom stereocenters. The van der Waals surface area contributed by atoms with Gasteiger partial charge >= 0.3 is 0 Å². The molecular weight excluding hydrogens is 326 g/mol. The van der Waals surface area contributed by atoms with Crippen molar-refractivity contribution in [3.63, 3.8) is 0 Å². The molecule has 4 nitrogen and oxygen atoms in total. The van der Waals surface area contributed by atoms with E-state index in [2.05, 4.69) is 11.8 Å². The van der Waals surface area contributed by atoms with E-state index in [1.807, 2.05) is 31.2 Å². The summed E-state index contributed by atoms with van der Waals surface area (Å²) >= 11 is 0. The van der Waals surface area contributed by atoms with Crippen LogP contribution in [0.15, 0.2) is 24.3 Å². The van der Waals surface area contributed by atoms with E-state index in [1.54, 1.807) is 0 Å². The SMILES string of the molecule is CCCCCCC[C@@](O)(CCN1CCOCC1)c1ccc(OCC)cc1. The predicted octanol–water partition coefficient (Wildman–Crippen LogP) is 4.36. The third kappa shape index (κ3) is 6.90. The fourth-order valence-corrected chi connectivity index (χ4v) is 3.63. The lowest BCUT2D eigenvalue weighted by Crippen LogP contribution is -2.40. The summed E-state index contributed by atoms with van der Waals surface area (Å²) in [5.41, 5.74) is 0.264. The molecule has 1 aromatic carbocycles. The Morgan fingerprint density at radius 1 is 1.00 bits per heavy atom. The molecule has 1 aromatic rings. The van der Waals surface area contributed by atoms with Crippen LogP contribution in [0.2, 0.25) is 0 Å². The third-order valence-corrected chi connectivity index (χ3v) is 5.34. The van der Waals surface area contributed by atoms with Gasteiger partial charge in [0.2, 0.25) is 0 Å². The molecule has 1 fully saturated rings. The standard InChI is InChI=1S/C22H37NO3/c1-3-5-6-7-8-13-22(24,14-15-23-16-18-25-19-17-23)20-9-11-21(12-10-20)26-4-2/h9-12,24H,3-8,13-19H2,1-2H3/t22-/m1/s1. The number of ether oxygens (including phenoxy) is 2. The van der Waals surface area contributed by atoms with Gasteiger partial charge in [-0.05, 0) is 37.5 Å². The normalized spacial score (nSPS) is 17.8. The van der Waals surface area contributed by atoms with Crippen LogP contribution >= 0.6 is 0 Å². The quantitative estimate of drug-likeness (QED) is 0.561. The van der Waals surface area contributed by atoms with E-state index in [-0.39, 0.29) is 0 Å². The van der Waals surface area contributed by atoms with Gasteiger partial charge in [0.15, 0.2) is 0 Å². The van der Waals surface area contributed by atoms with Crippen molar-refractivity contribution >= 4 is 0 Å². The van der Waals surface area contributed by atoms with Crippen molar-refractivity contribution in [1.29, 1.82) is 0 Å². The van der Waals surface area contributed by atoms with Crippen molar-refractivity contribution in [2.24, 2.45) is 0 Å². The Hall–Kier alpha value is -1.10. The molecule has 1 N–H and O–H groups in total. The molecule has 0 aliphatic carbocycles. The predicted molar refractivity (Wildman–Crippen MR) is 107 cm³/mol. The zero-order valence-corrected chi connectivity index (χ0v) is 16.7. The number of unbranched alkanes of at least 4 members (excludes halogenated alkanes) is 4. The first-order valence-corrected chi connectivity index (χ1v) is 10.4. The maximum atomic E-state index is 11.5. The first-order valence-electron chi connectivity index (χ1n) is 10.4. The van der Waals surface area contributed by atoms with Crippen LogP contribution in [-0.2, 0) is 10.3 Å². The lowest BCUT2D eigenvalue weighted by Gasteiger charge is -2.33. The zero-order valence-electron chi connectivity index (χ0n) is 16.7. The average Bonchev–Trinajstić information content (AvgIpc) is 2.68. The van der Waals surface area contributed by atoms with E-state index in [9.17, 15) is 5.11 Å². The van der Waals surface area contributed by atoms with Crippen molar-refractivity contribution in [3.05, 3.63) is 29.8 Å². The Labute approximate surface area is 159 Å². The van der Waals surface area contributed by atoms with Crippen LogP contribution < -0.4 is 4.74 Å². The molecule has 1 aliphatic heterocycles. The van der Waals surface area contributed by atoms with Crippen LogP contribution in [-0.4, -0.2) is 49.5 Å². The number of benzene rings is 1. The average molecular weight is 364 g/mol. The highest BCUT2D eigenvalue weighted by molar-refractivity contribution is 5.31. The van der Waals surface area contributed by atoms with E-state index < -0.39 is 5.60 Å². The van der Waals surface area contributed by atoms with Crippen LogP contribution in [0.3, 0.4) is 0 Å². The van der Waals surface area contributed by atoms with Crippen molar-refractivity contribution in [3.8, 4) is 5.75 Å². The van der Waals surface area contributed by atoms with Crippen molar-refractivity contribution in [2.45, 2.75) is 64.4 Å². The molecule has 4 heteroatoms. The van der Waals surface area contributed by atoms with Gasteiger partial charge in [-0.1, -0.05) is 51.2 Å². The van der Waals surface area contributed by atoms with E-state index in [0.29, 0.717) is 6.61 Å². The monoisotopic (exact) mass is 363 g/mol.